The Morgan fingerprint density at radius 2 is 1.52 bits per heavy atom. The minimum absolute atomic E-state index is 0.225. The van der Waals surface area contributed by atoms with E-state index in [1.165, 1.54) is 19.3 Å². The Kier molecular flexibility index (Phi) is 12.0. The highest BCUT2D eigenvalue weighted by molar-refractivity contribution is 9.10. The highest BCUT2D eigenvalue weighted by atomic mass is 79.9. The van der Waals surface area contributed by atoms with Crippen LogP contribution in [0.15, 0.2) is 28.7 Å². The van der Waals surface area contributed by atoms with Crippen LogP contribution in [0.3, 0.4) is 0 Å². The van der Waals surface area contributed by atoms with Crippen molar-refractivity contribution in [3.05, 3.63) is 34.3 Å². The normalized spacial score (nSPS) is 10.5. The Hall–Kier alpha value is -1.36. The molecule has 4 nitrogen and oxygen atoms in total. The van der Waals surface area contributed by atoms with Crippen molar-refractivity contribution in [3.8, 4) is 0 Å². The first-order chi connectivity index (χ1) is 12.1. The van der Waals surface area contributed by atoms with E-state index >= 15 is 0 Å². The molecule has 0 bridgehead atoms. The molecule has 0 saturated heterocycles. The molecule has 0 spiro atoms. The zero-order valence-corrected chi connectivity index (χ0v) is 16.7. The molecular formula is C20H29BrO4. The van der Waals surface area contributed by atoms with Crippen LogP contribution in [0.1, 0.15) is 63.9 Å². The molecule has 0 aliphatic heterocycles. The van der Waals surface area contributed by atoms with Crippen molar-refractivity contribution < 1.29 is 19.1 Å². The van der Waals surface area contributed by atoms with Gasteiger partial charge in [-0.2, -0.15) is 0 Å². The Balaban J connectivity index is 2.01. The number of carbonyl (C=O) groups is 2. The van der Waals surface area contributed by atoms with Crippen LogP contribution >= 0.6 is 15.9 Å². The summed E-state index contributed by atoms with van der Waals surface area (Å²) in [5, 5.41) is 0. The first-order valence-corrected chi connectivity index (χ1v) is 9.97. The first-order valence-electron chi connectivity index (χ1n) is 9.18. The van der Waals surface area contributed by atoms with E-state index < -0.39 is 0 Å². The van der Waals surface area contributed by atoms with E-state index in [-0.39, 0.29) is 24.8 Å². The van der Waals surface area contributed by atoms with Gasteiger partial charge in [0, 0.05) is 23.7 Å². The van der Waals surface area contributed by atoms with Crippen LogP contribution in [0.5, 0.6) is 0 Å². The molecule has 0 heterocycles. The van der Waals surface area contributed by atoms with Crippen molar-refractivity contribution in [1.29, 1.82) is 0 Å². The maximum Gasteiger partial charge on any atom is 0.305 e. The second-order valence-corrected chi connectivity index (χ2v) is 6.90. The molecule has 1 aromatic carbocycles. The Morgan fingerprint density at radius 3 is 2.20 bits per heavy atom. The number of hydrogen-bond donors (Lipinski definition) is 0. The summed E-state index contributed by atoms with van der Waals surface area (Å²) in [7, 11) is 0. The molecule has 140 valence electrons. The van der Waals surface area contributed by atoms with Gasteiger partial charge in [0.1, 0.15) is 0 Å². The summed E-state index contributed by atoms with van der Waals surface area (Å²) in [6, 6.07) is 7.87. The molecular weight excluding hydrogens is 384 g/mol. The van der Waals surface area contributed by atoms with Gasteiger partial charge in [0.2, 0.25) is 0 Å². The molecule has 25 heavy (non-hydrogen) atoms. The van der Waals surface area contributed by atoms with Crippen molar-refractivity contribution in [2.45, 2.75) is 64.7 Å². The van der Waals surface area contributed by atoms with Crippen LogP contribution in [0.2, 0.25) is 0 Å². The van der Waals surface area contributed by atoms with Gasteiger partial charge in [-0.15, -0.1) is 0 Å². The molecule has 1 aromatic rings. The van der Waals surface area contributed by atoms with E-state index in [2.05, 4.69) is 22.9 Å². The van der Waals surface area contributed by atoms with Gasteiger partial charge >= 0.3 is 11.9 Å². The van der Waals surface area contributed by atoms with Crippen LogP contribution in [-0.2, 0) is 25.5 Å². The average Bonchev–Trinajstić information content (AvgIpc) is 2.59. The average molecular weight is 413 g/mol. The fourth-order valence-corrected chi connectivity index (χ4v) is 2.87. The van der Waals surface area contributed by atoms with Crippen LogP contribution in [-0.4, -0.2) is 25.2 Å². The fraction of sp³-hybridized carbons (Fsp3) is 0.600. The molecule has 0 fully saturated rings. The summed E-state index contributed by atoms with van der Waals surface area (Å²) in [5.74, 6) is -0.490. The SMILES string of the molecule is CCCCCCCOC(=O)CCCC(=O)OCCc1ccccc1Br. The minimum Gasteiger partial charge on any atom is -0.466 e. The molecule has 0 aromatic heterocycles. The predicted molar refractivity (Wildman–Crippen MR) is 102 cm³/mol. The topological polar surface area (TPSA) is 52.6 Å². The van der Waals surface area contributed by atoms with Gasteiger partial charge in [-0.3, -0.25) is 9.59 Å². The second kappa shape index (κ2) is 13.9. The Bertz CT molecular complexity index is 516. The molecule has 1 rings (SSSR count). The summed E-state index contributed by atoms with van der Waals surface area (Å²) in [6.45, 7) is 3.01. The standard InChI is InChI=1S/C20H29BrO4/c1-2-3-4-5-8-15-24-19(22)12-9-13-20(23)25-16-14-17-10-6-7-11-18(17)21/h6-7,10-11H,2-5,8-9,12-16H2,1H3. The smallest absolute Gasteiger partial charge is 0.305 e. The zero-order valence-electron chi connectivity index (χ0n) is 15.1. The summed E-state index contributed by atoms with van der Waals surface area (Å²) >= 11 is 3.47. The predicted octanol–water partition coefficient (Wildman–Crippen LogP) is 5.22. The van der Waals surface area contributed by atoms with Gasteiger partial charge in [0.25, 0.3) is 0 Å². The van der Waals surface area contributed by atoms with Gasteiger partial charge in [0.05, 0.1) is 13.2 Å². The van der Waals surface area contributed by atoms with E-state index in [0.717, 1.165) is 22.9 Å². The van der Waals surface area contributed by atoms with Crippen molar-refractivity contribution in [3.63, 3.8) is 0 Å². The fourth-order valence-electron chi connectivity index (χ4n) is 2.39. The van der Waals surface area contributed by atoms with Gasteiger partial charge < -0.3 is 9.47 Å². The number of hydrogen-bond acceptors (Lipinski definition) is 4. The summed E-state index contributed by atoms with van der Waals surface area (Å²) in [6.07, 6.45) is 7.33. The zero-order chi connectivity index (χ0) is 18.3. The summed E-state index contributed by atoms with van der Waals surface area (Å²) in [4.78, 5) is 23.2. The van der Waals surface area contributed by atoms with Gasteiger partial charge in [-0.1, -0.05) is 66.7 Å². The lowest BCUT2D eigenvalue weighted by Crippen LogP contribution is -2.10. The quantitative estimate of drug-likeness (QED) is 0.329. The number of unbranched alkanes of at least 4 members (excludes halogenated alkanes) is 4. The van der Waals surface area contributed by atoms with E-state index in [0.29, 0.717) is 26.1 Å². The lowest BCUT2D eigenvalue weighted by Gasteiger charge is -2.07. The third-order valence-corrected chi connectivity index (χ3v) is 4.64. The third-order valence-electron chi connectivity index (χ3n) is 3.87. The van der Waals surface area contributed by atoms with Crippen molar-refractivity contribution in [2.24, 2.45) is 0 Å². The number of rotatable bonds is 13. The van der Waals surface area contributed by atoms with Crippen LogP contribution < -0.4 is 0 Å². The molecule has 0 saturated carbocycles. The monoisotopic (exact) mass is 412 g/mol. The number of ether oxygens (including phenoxy) is 2. The van der Waals surface area contributed by atoms with E-state index in [4.69, 9.17) is 9.47 Å². The largest absolute Gasteiger partial charge is 0.466 e. The maximum atomic E-state index is 11.7. The second-order valence-electron chi connectivity index (χ2n) is 6.05. The van der Waals surface area contributed by atoms with E-state index in [9.17, 15) is 9.59 Å². The lowest BCUT2D eigenvalue weighted by molar-refractivity contribution is -0.145. The van der Waals surface area contributed by atoms with Crippen molar-refractivity contribution >= 4 is 27.9 Å². The van der Waals surface area contributed by atoms with Gasteiger partial charge in [0.15, 0.2) is 0 Å². The highest BCUT2D eigenvalue weighted by Gasteiger charge is 2.08. The summed E-state index contributed by atoms with van der Waals surface area (Å²) < 4.78 is 11.4. The van der Waals surface area contributed by atoms with E-state index in [1.54, 1.807) is 0 Å². The molecule has 0 N–H and O–H groups in total. The molecule has 5 heteroatoms. The number of benzene rings is 1. The van der Waals surface area contributed by atoms with Crippen LogP contribution in [0, 0.1) is 0 Å². The van der Waals surface area contributed by atoms with Crippen LogP contribution in [0.4, 0.5) is 0 Å². The molecule has 0 radical (unpaired) electrons. The number of carbonyl (C=O) groups excluding carboxylic acids is 2. The molecule has 0 aliphatic carbocycles. The number of esters is 2. The molecule has 0 atom stereocenters. The maximum absolute atomic E-state index is 11.7. The first kappa shape index (κ1) is 21.7. The van der Waals surface area contributed by atoms with Crippen molar-refractivity contribution in [2.75, 3.05) is 13.2 Å². The minimum atomic E-state index is -0.264. The van der Waals surface area contributed by atoms with E-state index in [1.807, 2.05) is 24.3 Å². The summed E-state index contributed by atoms with van der Waals surface area (Å²) in [5.41, 5.74) is 1.11. The molecule has 0 unspecified atom stereocenters. The van der Waals surface area contributed by atoms with Crippen LogP contribution in [0.25, 0.3) is 0 Å². The molecule has 0 aliphatic rings. The van der Waals surface area contributed by atoms with Crippen molar-refractivity contribution in [1.82, 2.24) is 0 Å². The lowest BCUT2D eigenvalue weighted by atomic mass is 10.2. The Labute approximate surface area is 159 Å². The van der Waals surface area contributed by atoms with Gasteiger partial charge in [-0.05, 0) is 24.5 Å². The Morgan fingerprint density at radius 1 is 0.880 bits per heavy atom. The molecule has 0 amide bonds. The highest BCUT2D eigenvalue weighted by Crippen LogP contribution is 2.16. The van der Waals surface area contributed by atoms with Gasteiger partial charge in [-0.25, -0.2) is 0 Å². The number of halogens is 1. The third kappa shape index (κ3) is 11.0.